The maximum Gasteiger partial charge on any atom is 0.267 e. The van der Waals surface area contributed by atoms with Crippen LogP contribution in [-0.4, -0.2) is 18.9 Å². The zero-order valence-corrected chi connectivity index (χ0v) is 12.7. The Morgan fingerprint density at radius 2 is 1.64 bits per heavy atom. The Morgan fingerprint density at radius 1 is 1.00 bits per heavy atom. The summed E-state index contributed by atoms with van der Waals surface area (Å²) in [4.78, 5) is 24.1. The molecule has 0 saturated carbocycles. The summed E-state index contributed by atoms with van der Waals surface area (Å²) in [5.41, 5.74) is 1.41. The predicted molar refractivity (Wildman–Crippen MR) is 87.4 cm³/mol. The molecule has 0 atom stereocenters. The lowest BCUT2D eigenvalue weighted by molar-refractivity contribution is -0.117. The zero-order chi connectivity index (χ0) is 15.9. The average Bonchev–Trinajstić information content (AvgIpc) is 2.56. The molecule has 0 fully saturated rings. The molecule has 2 rings (SSSR count). The summed E-state index contributed by atoms with van der Waals surface area (Å²) in [5, 5.41) is 5.73. The standard InChI is InChI=1S/C17H15ClN2O2/c1-19-17(22)15(11-12-7-9-14(18)10-8-12)20-16(21)13-5-3-2-4-6-13/h2-11H,1H3,(H,19,22)(H,20,21)/b15-11-. The van der Waals surface area contributed by atoms with Gasteiger partial charge < -0.3 is 10.6 Å². The monoisotopic (exact) mass is 314 g/mol. The van der Waals surface area contributed by atoms with Gasteiger partial charge in [0.2, 0.25) is 0 Å². The summed E-state index contributed by atoms with van der Waals surface area (Å²) in [6, 6.07) is 15.7. The summed E-state index contributed by atoms with van der Waals surface area (Å²) >= 11 is 5.83. The largest absolute Gasteiger partial charge is 0.354 e. The van der Waals surface area contributed by atoms with E-state index in [0.717, 1.165) is 5.56 Å². The number of nitrogens with one attached hydrogen (secondary N) is 2. The molecule has 0 bridgehead atoms. The molecule has 0 aromatic heterocycles. The molecule has 2 amide bonds. The van der Waals surface area contributed by atoms with E-state index in [2.05, 4.69) is 10.6 Å². The fourth-order valence-corrected chi connectivity index (χ4v) is 1.93. The lowest BCUT2D eigenvalue weighted by Crippen LogP contribution is -2.33. The highest BCUT2D eigenvalue weighted by molar-refractivity contribution is 6.30. The van der Waals surface area contributed by atoms with Crippen molar-refractivity contribution >= 4 is 29.5 Å². The molecule has 0 aliphatic rings. The van der Waals surface area contributed by atoms with E-state index < -0.39 is 0 Å². The quantitative estimate of drug-likeness (QED) is 0.853. The van der Waals surface area contributed by atoms with E-state index in [1.807, 2.05) is 6.07 Å². The summed E-state index contributed by atoms with van der Waals surface area (Å²) in [7, 11) is 1.51. The van der Waals surface area contributed by atoms with Gasteiger partial charge in [0.05, 0.1) is 0 Å². The van der Waals surface area contributed by atoms with Gasteiger partial charge in [-0.3, -0.25) is 9.59 Å². The topological polar surface area (TPSA) is 58.2 Å². The van der Waals surface area contributed by atoms with E-state index in [1.54, 1.807) is 54.6 Å². The third-order valence-corrected chi connectivity index (χ3v) is 3.19. The van der Waals surface area contributed by atoms with Gasteiger partial charge in [-0.2, -0.15) is 0 Å². The molecule has 0 unspecified atom stereocenters. The van der Waals surface area contributed by atoms with Gasteiger partial charge in [0.15, 0.2) is 0 Å². The minimum absolute atomic E-state index is 0.165. The number of halogens is 1. The highest BCUT2D eigenvalue weighted by Gasteiger charge is 2.13. The highest BCUT2D eigenvalue weighted by atomic mass is 35.5. The lowest BCUT2D eigenvalue weighted by Gasteiger charge is -2.09. The molecule has 0 saturated heterocycles. The first-order chi connectivity index (χ1) is 10.6. The second-order valence-corrected chi connectivity index (χ2v) is 4.95. The van der Waals surface area contributed by atoms with Crippen molar-refractivity contribution in [1.29, 1.82) is 0 Å². The van der Waals surface area contributed by atoms with Crippen molar-refractivity contribution in [1.82, 2.24) is 10.6 Å². The molecule has 22 heavy (non-hydrogen) atoms. The Hall–Kier alpha value is -2.59. The number of carbonyl (C=O) groups excluding carboxylic acids is 2. The van der Waals surface area contributed by atoms with Gasteiger partial charge >= 0.3 is 0 Å². The van der Waals surface area contributed by atoms with E-state index in [1.165, 1.54) is 7.05 Å². The van der Waals surface area contributed by atoms with Crippen LogP contribution in [0.3, 0.4) is 0 Å². The summed E-state index contributed by atoms with van der Waals surface area (Å²) in [6.45, 7) is 0. The van der Waals surface area contributed by atoms with Crippen LogP contribution in [0.25, 0.3) is 6.08 Å². The van der Waals surface area contributed by atoms with Crippen LogP contribution >= 0.6 is 11.6 Å². The molecule has 0 aliphatic heterocycles. The van der Waals surface area contributed by atoms with Crippen molar-refractivity contribution in [2.24, 2.45) is 0 Å². The van der Waals surface area contributed by atoms with Crippen LogP contribution in [-0.2, 0) is 4.79 Å². The van der Waals surface area contributed by atoms with Gasteiger partial charge in [-0.25, -0.2) is 0 Å². The number of amides is 2. The minimum atomic E-state index is -0.376. The number of likely N-dealkylation sites (N-methyl/N-ethyl adjacent to an activating group) is 1. The van der Waals surface area contributed by atoms with Crippen LogP contribution in [0.5, 0.6) is 0 Å². The van der Waals surface area contributed by atoms with Crippen LogP contribution in [0, 0.1) is 0 Å². The van der Waals surface area contributed by atoms with E-state index >= 15 is 0 Å². The van der Waals surface area contributed by atoms with E-state index in [0.29, 0.717) is 10.6 Å². The van der Waals surface area contributed by atoms with Gasteiger partial charge in [0, 0.05) is 17.6 Å². The van der Waals surface area contributed by atoms with E-state index in [-0.39, 0.29) is 17.5 Å². The maximum absolute atomic E-state index is 12.2. The predicted octanol–water partition coefficient (Wildman–Crippen LogP) is 2.86. The van der Waals surface area contributed by atoms with Crippen LogP contribution in [0.2, 0.25) is 5.02 Å². The molecule has 0 heterocycles. The minimum Gasteiger partial charge on any atom is -0.354 e. The third-order valence-electron chi connectivity index (χ3n) is 2.94. The number of carbonyl (C=O) groups is 2. The van der Waals surface area contributed by atoms with Crippen LogP contribution in [0.15, 0.2) is 60.3 Å². The molecular weight excluding hydrogens is 300 g/mol. The second-order valence-electron chi connectivity index (χ2n) is 4.51. The Morgan fingerprint density at radius 3 is 2.23 bits per heavy atom. The summed E-state index contributed by atoms with van der Waals surface area (Å²) in [6.07, 6.45) is 1.59. The van der Waals surface area contributed by atoms with Crippen molar-refractivity contribution in [3.05, 3.63) is 76.4 Å². The van der Waals surface area contributed by atoms with Crippen molar-refractivity contribution in [2.45, 2.75) is 0 Å². The van der Waals surface area contributed by atoms with Crippen molar-refractivity contribution in [3.63, 3.8) is 0 Å². The van der Waals surface area contributed by atoms with Crippen molar-refractivity contribution in [3.8, 4) is 0 Å². The molecular formula is C17H15ClN2O2. The lowest BCUT2D eigenvalue weighted by atomic mass is 10.1. The van der Waals surface area contributed by atoms with Crippen LogP contribution in [0.4, 0.5) is 0 Å². The van der Waals surface area contributed by atoms with Gasteiger partial charge in [-0.15, -0.1) is 0 Å². The zero-order valence-electron chi connectivity index (χ0n) is 12.0. The van der Waals surface area contributed by atoms with E-state index in [4.69, 9.17) is 11.6 Å². The third kappa shape index (κ3) is 4.20. The molecule has 112 valence electrons. The van der Waals surface area contributed by atoms with Gasteiger partial charge in [0.1, 0.15) is 5.70 Å². The average molecular weight is 315 g/mol. The fraction of sp³-hybridized carbons (Fsp3) is 0.0588. The van der Waals surface area contributed by atoms with E-state index in [9.17, 15) is 9.59 Å². The molecule has 0 aliphatic carbocycles. The Labute approximate surface area is 133 Å². The number of hydrogen-bond donors (Lipinski definition) is 2. The highest BCUT2D eigenvalue weighted by Crippen LogP contribution is 2.12. The number of benzene rings is 2. The SMILES string of the molecule is CNC(=O)/C(=C/c1ccc(Cl)cc1)NC(=O)c1ccccc1. The fourth-order valence-electron chi connectivity index (χ4n) is 1.80. The molecule has 5 heteroatoms. The second kappa shape index (κ2) is 7.43. The first kappa shape index (κ1) is 15.8. The summed E-state index contributed by atoms with van der Waals surface area (Å²) < 4.78 is 0. The molecule has 2 N–H and O–H groups in total. The molecule has 0 radical (unpaired) electrons. The molecule has 2 aromatic rings. The van der Waals surface area contributed by atoms with Gasteiger partial charge in [-0.1, -0.05) is 41.9 Å². The first-order valence-electron chi connectivity index (χ1n) is 6.66. The smallest absolute Gasteiger partial charge is 0.267 e. The van der Waals surface area contributed by atoms with Crippen LogP contribution < -0.4 is 10.6 Å². The van der Waals surface area contributed by atoms with Crippen molar-refractivity contribution in [2.75, 3.05) is 7.05 Å². The van der Waals surface area contributed by atoms with Gasteiger partial charge in [-0.05, 0) is 35.9 Å². The maximum atomic E-state index is 12.2. The van der Waals surface area contributed by atoms with Gasteiger partial charge in [0.25, 0.3) is 11.8 Å². The normalized spacial score (nSPS) is 10.9. The van der Waals surface area contributed by atoms with Crippen molar-refractivity contribution < 1.29 is 9.59 Å². The first-order valence-corrected chi connectivity index (χ1v) is 7.03. The number of rotatable bonds is 4. The Kier molecular flexibility index (Phi) is 5.33. The Bertz CT molecular complexity index is 694. The number of hydrogen-bond acceptors (Lipinski definition) is 2. The molecule has 2 aromatic carbocycles. The Balaban J connectivity index is 2.25. The van der Waals surface area contributed by atoms with Crippen LogP contribution in [0.1, 0.15) is 15.9 Å². The molecule has 0 spiro atoms. The summed E-state index contributed by atoms with van der Waals surface area (Å²) in [5.74, 6) is -0.719. The molecule has 4 nitrogen and oxygen atoms in total.